The lowest BCUT2D eigenvalue weighted by Crippen LogP contribution is -2.33. The summed E-state index contributed by atoms with van der Waals surface area (Å²) in [5, 5.41) is -2.47. The summed E-state index contributed by atoms with van der Waals surface area (Å²) < 4.78 is 43.4. The van der Waals surface area contributed by atoms with Gasteiger partial charge in [0.2, 0.25) is 0 Å². The molecule has 0 radical (unpaired) electrons. The van der Waals surface area contributed by atoms with Crippen molar-refractivity contribution < 1.29 is 13.2 Å². The number of halogens is 4. The molecule has 0 spiro atoms. The first-order valence-electron chi connectivity index (χ1n) is 6.50. The third-order valence-electron chi connectivity index (χ3n) is 3.38. The van der Waals surface area contributed by atoms with E-state index in [4.69, 9.17) is 11.6 Å². The lowest BCUT2D eigenvalue weighted by Gasteiger charge is -2.24. The molecule has 0 saturated carbocycles. The Bertz CT molecular complexity index is 728. The van der Waals surface area contributed by atoms with Crippen molar-refractivity contribution in [3.05, 3.63) is 70.2 Å². The molecule has 0 bridgehead atoms. The average Bonchev–Trinajstić information content (AvgIpc) is 2.71. The standard InChI is InChI=1S/C16H11ClF3NS/c1-10-2-6-12(7-3-10)15(18)16(19,20)21-14(22-15)11-4-8-13(17)9-5-11/h2-9H,1H3. The first-order chi connectivity index (χ1) is 10.3. The van der Waals surface area contributed by atoms with E-state index < -0.39 is 11.0 Å². The van der Waals surface area contributed by atoms with Crippen molar-refractivity contribution >= 4 is 28.4 Å². The molecule has 1 nitrogen and oxygen atoms in total. The maximum absolute atomic E-state index is 15.0. The fourth-order valence-corrected chi connectivity index (χ4v) is 3.36. The van der Waals surface area contributed by atoms with Crippen molar-refractivity contribution in [1.29, 1.82) is 0 Å². The van der Waals surface area contributed by atoms with E-state index in [1.165, 1.54) is 12.1 Å². The first-order valence-corrected chi connectivity index (χ1v) is 7.70. The van der Waals surface area contributed by atoms with Crippen LogP contribution < -0.4 is 0 Å². The summed E-state index contributed by atoms with van der Waals surface area (Å²) in [5.74, 6) is 0. The van der Waals surface area contributed by atoms with Gasteiger partial charge in [-0.15, -0.1) is 0 Å². The van der Waals surface area contributed by atoms with Gasteiger partial charge >= 0.3 is 6.05 Å². The van der Waals surface area contributed by atoms with E-state index in [2.05, 4.69) is 4.99 Å². The molecule has 0 N–H and O–H groups in total. The molecule has 0 aromatic heterocycles. The number of alkyl halides is 3. The van der Waals surface area contributed by atoms with Gasteiger partial charge in [-0.25, -0.2) is 9.38 Å². The molecule has 0 aliphatic carbocycles. The van der Waals surface area contributed by atoms with Crippen molar-refractivity contribution in [3.63, 3.8) is 0 Å². The van der Waals surface area contributed by atoms with Crippen molar-refractivity contribution in [1.82, 2.24) is 0 Å². The molecule has 2 aromatic rings. The van der Waals surface area contributed by atoms with Gasteiger partial charge in [-0.05, 0) is 19.1 Å². The van der Waals surface area contributed by atoms with Gasteiger partial charge in [0.15, 0.2) is 0 Å². The molecule has 2 aromatic carbocycles. The molecule has 1 atom stereocenters. The van der Waals surface area contributed by atoms with Crippen molar-refractivity contribution in [2.45, 2.75) is 18.0 Å². The molecule has 22 heavy (non-hydrogen) atoms. The van der Waals surface area contributed by atoms with E-state index in [1.54, 1.807) is 36.4 Å². The molecule has 0 fully saturated rings. The minimum atomic E-state index is -3.83. The summed E-state index contributed by atoms with van der Waals surface area (Å²) >= 11 is 6.20. The Hall–Kier alpha value is -1.46. The first kappa shape index (κ1) is 15.4. The normalized spacial score (nSPS) is 23.4. The van der Waals surface area contributed by atoms with E-state index in [9.17, 15) is 8.78 Å². The lowest BCUT2D eigenvalue weighted by molar-refractivity contribution is -0.0815. The molecule has 1 aliphatic rings. The minimum Gasteiger partial charge on any atom is -0.217 e. The van der Waals surface area contributed by atoms with Crippen LogP contribution in [-0.4, -0.2) is 11.1 Å². The highest BCUT2D eigenvalue weighted by Gasteiger charge is 2.62. The van der Waals surface area contributed by atoms with Gasteiger partial charge in [0.1, 0.15) is 5.04 Å². The lowest BCUT2D eigenvalue weighted by atomic mass is 10.1. The molecule has 6 heteroatoms. The molecule has 0 amide bonds. The summed E-state index contributed by atoms with van der Waals surface area (Å²) in [6.07, 6.45) is 0. The minimum absolute atomic E-state index is 0.0373. The van der Waals surface area contributed by atoms with E-state index in [1.807, 2.05) is 6.92 Å². The Morgan fingerprint density at radius 2 is 1.55 bits per heavy atom. The number of benzene rings is 2. The number of aliphatic imine (C=N–C) groups is 1. The monoisotopic (exact) mass is 341 g/mol. The Morgan fingerprint density at radius 3 is 2.14 bits per heavy atom. The van der Waals surface area contributed by atoms with Gasteiger partial charge in [-0.2, -0.15) is 8.78 Å². The van der Waals surface area contributed by atoms with Gasteiger partial charge in [0.25, 0.3) is 5.00 Å². The Morgan fingerprint density at radius 1 is 0.955 bits per heavy atom. The van der Waals surface area contributed by atoms with Gasteiger partial charge in [-0.1, -0.05) is 65.3 Å². The number of nitrogens with zero attached hydrogens (tertiary/aromatic N) is 1. The molecule has 114 valence electrons. The van der Waals surface area contributed by atoms with Crippen LogP contribution in [0.25, 0.3) is 0 Å². The van der Waals surface area contributed by atoms with Crippen LogP contribution in [0.1, 0.15) is 16.7 Å². The number of rotatable bonds is 2. The largest absolute Gasteiger partial charge is 0.391 e. The highest BCUT2D eigenvalue weighted by atomic mass is 35.5. The van der Waals surface area contributed by atoms with Gasteiger partial charge in [0, 0.05) is 16.1 Å². The van der Waals surface area contributed by atoms with Gasteiger partial charge < -0.3 is 0 Å². The second-order valence-corrected chi connectivity index (χ2v) is 6.62. The van der Waals surface area contributed by atoms with Crippen LogP contribution in [0.5, 0.6) is 0 Å². The van der Waals surface area contributed by atoms with Crippen LogP contribution in [0.15, 0.2) is 53.5 Å². The van der Waals surface area contributed by atoms with Gasteiger partial charge in [0.05, 0.1) is 0 Å². The number of hydrogen-bond donors (Lipinski definition) is 0. The van der Waals surface area contributed by atoms with E-state index >= 15 is 4.39 Å². The van der Waals surface area contributed by atoms with Crippen LogP contribution in [0.4, 0.5) is 13.2 Å². The second-order valence-electron chi connectivity index (χ2n) is 5.03. The zero-order valence-corrected chi connectivity index (χ0v) is 13.1. The zero-order valence-electron chi connectivity index (χ0n) is 11.5. The SMILES string of the molecule is Cc1ccc(C2(F)SC(c3ccc(Cl)cc3)=NC2(F)F)cc1. The third kappa shape index (κ3) is 2.52. The predicted molar refractivity (Wildman–Crippen MR) is 84.5 cm³/mol. The maximum atomic E-state index is 15.0. The number of hydrogen-bond acceptors (Lipinski definition) is 2. The van der Waals surface area contributed by atoms with Crippen molar-refractivity contribution in [3.8, 4) is 0 Å². The Labute approximate surface area is 135 Å². The quantitative estimate of drug-likeness (QED) is 0.652. The molecule has 0 saturated heterocycles. The van der Waals surface area contributed by atoms with Crippen LogP contribution in [0, 0.1) is 6.92 Å². The van der Waals surface area contributed by atoms with E-state index in [0.29, 0.717) is 22.3 Å². The van der Waals surface area contributed by atoms with E-state index in [-0.39, 0.29) is 10.6 Å². The van der Waals surface area contributed by atoms with Crippen LogP contribution in [-0.2, 0) is 5.00 Å². The second kappa shape index (κ2) is 5.32. The topological polar surface area (TPSA) is 12.4 Å². The van der Waals surface area contributed by atoms with Crippen molar-refractivity contribution in [2.75, 3.05) is 0 Å². The van der Waals surface area contributed by atoms with Gasteiger partial charge in [-0.3, -0.25) is 0 Å². The molecular formula is C16H11ClF3NS. The fraction of sp³-hybridized carbons (Fsp3) is 0.188. The highest BCUT2D eigenvalue weighted by molar-refractivity contribution is 8.15. The number of thioether (sulfide) groups is 1. The predicted octanol–water partition coefficient (Wildman–Crippen LogP) is 5.56. The summed E-state index contributed by atoms with van der Waals surface area (Å²) in [5.41, 5.74) is 1.19. The average molecular weight is 342 g/mol. The fourth-order valence-electron chi connectivity index (χ4n) is 2.13. The summed E-state index contributed by atoms with van der Waals surface area (Å²) in [6.45, 7) is 1.81. The van der Waals surface area contributed by atoms with Crippen LogP contribution in [0.2, 0.25) is 5.02 Å². The van der Waals surface area contributed by atoms with Crippen LogP contribution in [0.3, 0.4) is 0 Å². The highest BCUT2D eigenvalue weighted by Crippen LogP contribution is 2.56. The van der Waals surface area contributed by atoms with Crippen molar-refractivity contribution in [2.24, 2.45) is 4.99 Å². The summed E-state index contributed by atoms with van der Waals surface area (Å²) in [4.78, 5) is 3.30. The molecule has 1 unspecified atom stereocenters. The number of aryl methyl sites for hydroxylation is 1. The smallest absolute Gasteiger partial charge is 0.217 e. The maximum Gasteiger partial charge on any atom is 0.391 e. The molecule has 3 rings (SSSR count). The Kier molecular flexibility index (Phi) is 3.73. The molecule has 1 heterocycles. The Balaban J connectivity index is 1.99. The van der Waals surface area contributed by atoms with Crippen LogP contribution >= 0.6 is 23.4 Å². The summed E-state index contributed by atoms with van der Waals surface area (Å²) in [6, 6.07) is 8.33. The third-order valence-corrected chi connectivity index (χ3v) is 4.92. The summed E-state index contributed by atoms with van der Waals surface area (Å²) in [7, 11) is 0. The molecular weight excluding hydrogens is 331 g/mol. The van der Waals surface area contributed by atoms with E-state index in [0.717, 1.165) is 5.56 Å². The zero-order chi connectivity index (χ0) is 16.0. The molecule has 1 aliphatic heterocycles.